The van der Waals surface area contributed by atoms with E-state index in [1.165, 1.54) is 4.57 Å². The maximum absolute atomic E-state index is 10.7. The van der Waals surface area contributed by atoms with Gasteiger partial charge in [0, 0.05) is 11.6 Å². The smallest absolute Gasteiger partial charge is 0.218 e. The molecule has 1 aromatic heterocycles. The second-order valence-corrected chi connectivity index (χ2v) is 3.02. The van der Waals surface area contributed by atoms with Gasteiger partial charge in [0.2, 0.25) is 6.41 Å². The van der Waals surface area contributed by atoms with Crippen molar-refractivity contribution in [1.29, 1.82) is 5.26 Å². The van der Waals surface area contributed by atoms with Crippen LogP contribution in [0, 0.1) is 11.3 Å². The van der Waals surface area contributed by atoms with Crippen molar-refractivity contribution in [3.8, 4) is 6.07 Å². The van der Waals surface area contributed by atoms with Crippen molar-refractivity contribution < 1.29 is 4.79 Å². The van der Waals surface area contributed by atoms with Gasteiger partial charge in [-0.15, -0.1) is 0 Å². The van der Waals surface area contributed by atoms with Gasteiger partial charge in [0.25, 0.3) is 0 Å². The maximum atomic E-state index is 10.7. The summed E-state index contributed by atoms with van der Waals surface area (Å²) in [5.41, 5.74) is 1.75. The Morgan fingerprint density at radius 2 is 2.21 bits per heavy atom. The number of carbonyl (C=O) groups is 1. The first-order valence-corrected chi connectivity index (χ1v) is 4.27. The Kier molecular flexibility index (Phi) is 2.04. The molecule has 0 spiro atoms. The number of carbonyl (C=O) groups excluding carboxylic acids is 1. The van der Waals surface area contributed by atoms with Crippen molar-refractivity contribution in [3.63, 3.8) is 0 Å². The molecule has 68 valence electrons. The summed E-state index contributed by atoms with van der Waals surface area (Å²) in [4.78, 5) is 10.7. The molecule has 2 rings (SSSR count). The van der Waals surface area contributed by atoms with Crippen LogP contribution in [0.25, 0.3) is 10.9 Å². The highest BCUT2D eigenvalue weighted by Gasteiger charge is 2.05. The predicted molar refractivity (Wildman–Crippen MR) is 53.4 cm³/mol. The number of nitriles is 1. The van der Waals surface area contributed by atoms with E-state index in [-0.39, 0.29) is 0 Å². The fourth-order valence-corrected chi connectivity index (χ4v) is 1.59. The third kappa shape index (κ3) is 1.17. The zero-order valence-electron chi connectivity index (χ0n) is 7.47. The van der Waals surface area contributed by atoms with Crippen molar-refractivity contribution >= 4 is 17.3 Å². The monoisotopic (exact) mass is 184 g/mol. The first-order chi connectivity index (χ1) is 6.86. The lowest BCUT2D eigenvalue weighted by Crippen LogP contribution is -1.90. The molecule has 0 fully saturated rings. The number of hydrogen-bond donors (Lipinski definition) is 0. The van der Waals surface area contributed by atoms with E-state index in [1.54, 1.807) is 6.20 Å². The van der Waals surface area contributed by atoms with Crippen molar-refractivity contribution in [2.75, 3.05) is 0 Å². The first kappa shape index (κ1) is 8.52. The highest BCUT2D eigenvalue weighted by molar-refractivity contribution is 5.88. The molecule has 0 atom stereocenters. The Labute approximate surface area is 81.2 Å². The molecule has 1 aromatic carbocycles. The minimum absolute atomic E-state index is 0.335. The summed E-state index contributed by atoms with van der Waals surface area (Å²) in [6, 6.07) is 9.64. The van der Waals surface area contributed by atoms with Crippen molar-refractivity contribution in [3.05, 3.63) is 36.0 Å². The van der Waals surface area contributed by atoms with Gasteiger partial charge in [-0.25, -0.2) is 0 Å². The second-order valence-electron chi connectivity index (χ2n) is 3.02. The summed E-state index contributed by atoms with van der Waals surface area (Å²) in [5.74, 6) is 0. The van der Waals surface area contributed by atoms with Crippen molar-refractivity contribution in [2.24, 2.45) is 0 Å². The molecule has 3 nitrogen and oxygen atoms in total. The van der Waals surface area contributed by atoms with E-state index >= 15 is 0 Å². The Bertz CT molecular complexity index is 520. The number of rotatable bonds is 2. The lowest BCUT2D eigenvalue weighted by Gasteiger charge is -1.92. The SMILES string of the molecule is N#CCc1cn(C=O)c2ccccc12. The Morgan fingerprint density at radius 3 is 2.93 bits per heavy atom. The van der Waals surface area contributed by atoms with Gasteiger partial charge in [-0.2, -0.15) is 5.26 Å². The standard InChI is InChI=1S/C11H8N2O/c12-6-5-9-7-13(8-14)11-4-2-1-3-10(9)11/h1-4,7-8H,5H2. The third-order valence-electron chi connectivity index (χ3n) is 2.21. The quantitative estimate of drug-likeness (QED) is 0.667. The molecule has 0 radical (unpaired) electrons. The van der Waals surface area contributed by atoms with Crippen LogP contribution in [0.15, 0.2) is 30.5 Å². The van der Waals surface area contributed by atoms with E-state index in [0.29, 0.717) is 6.42 Å². The number of fused-ring (bicyclic) bond motifs is 1. The van der Waals surface area contributed by atoms with Crippen LogP contribution < -0.4 is 0 Å². The molecule has 0 amide bonds. The molecular weight excluding hydrogens is 176 g/mol. The van der Waals surface area contributed by atoms with E-state index in [4.69, 9.17) is 5.26 Å². The zero-order chi connectivity index (χ0) is 9.97. The third-order valence-corrected chi connectivity index (χ3v) is 2.21. The number of para-hydroxylation sites is 1. The summed E-state index contributed by atoms with van der Waals surface area (Å²) in [6.45, 7) is 0. The van der Waals surface area contributed by atoms with Crippen LogP contribution in [0.3, 0.4) is 0 Å². The summed E-state index contributed by atoms with van der Waals surface area (Å²) in [6.07, 6.45) is 2.80. The molecule has 0 aliphatic carbocycles. The molecule has 0 saturated carbocycles. The van der Waals surface area contributed by atoms with Crippen LogP contribution in [0.4, 0.5) is 0 Å². The van der Waals surface area contributed by atoms with Gasteiger partial charge in [-0.05, 0) is 11.6 Å². The van der Waals surface area contributed by atoms with E-state index < -0.39 is 0 Å². The molecule has 0 aliphatic rings. The minimum atomic E-state index is 0.335. The van der Waals surface area contributed by atoms with E-state index in [1.807, 2.05) is 24.3 Å². The Hall–Kier alpha value is -2.08. The zero-order valence-corrected chi connectivity index (χ0v) is 7.47. The fraction of sp³-hybridized carbons (Fsp3) is 0.0909. The minimum Gasteiger partial charge on any atom is -0.290 e. The van der Waals surface area contributed by atoms with E-state index in [0.717, 1.165) is 22.9 Å². The van der Waals surface area contributed by atoms with E-state index in [2.05, 4.69) is 6.07 Å². The Morgan fingerprint density at radius 1 is 1.43 bits per heavy atom. The molecule has 0 bridgehead atoms. The second kappa shape index (κ2) is 3.35. The van der Waals surface area contributed by atoms with E-state index in [9.17, 15) is 4.79 Å². The van der Waals surface area contributed by atoms with Crippen LogP contribution in [0.2, 0.25) is 0 Å². The predicted octanol–water partition coefficient (Wildman–Crippen LogP) is 1.75. The lowest BCUT2D eigenvalue weighted by molar-refractivity contribution is 0.549. The number of hydrogen-bond acceptors (Lipinski definition) is 2. The molecule has 0 aliphatic heterocycles. The van der Waals surface area contributed by atoms with Gasteiger partial charge in [-0.3, -0.25) is 9.36 Å². The molecule has 0 N–H and O–H groups in total. The van der Waals surface area contributed by atoms with Gasteiger partial charge >= 0.3 is 0 Å². The van der Waals surface area contributed by atoms with Crippen LogP contribution in [-0.2, 0) is 11.2 Å². The number of nitrogens with zero attached hydrogens (tertiary/aromatic N) is 2. The highest BCUT2D eigenvalue weighted by atomic mass is 16.1. The Balaban J connectivity index is 2.74. The number of benzene rings is 1. The molecule has 14 heavy (non-hydrogen) atoms. The summed E-state index contributed by atoms with van der Waals surface area (Å²) >= 11 is 0. The molecule has 1 heterocycles. The average molecular weight is 184 g/mol. The van der Waals surface area contributed by atoms with Crippen LogP contribution in [0.1, 0.15) is 5.56 Å². The van der Waals surface area contributed by atoms with Gasteiger partial charge < -0.3 is 0 Å². The highest BCUT2D eigenvalue weighted by Crippen LogP contribution is 2.20. The summed E-state index contributed by atoms with van der Waals surface area (Å²) in [5, 5.41) is 9.59. The largest absolute Gasteiger partial charge is 0.290 e. The van der Waals surface area contributed by atoms with Crippen LogP contribution in [-0.4, -0.2) is 11.0 Å². The van der Waals surface area contributed by atoms with Gasteiger partial charge in [-0.1, -0.05) is 18.2 Å². The summed E-state index contributed by atoms with van der Waals surface area (Å²) in [7, 11) is 0. The molecule has 3 heteroatoms. The van der Waals surface area contributed by atoms with Crippen LogP contribution in [0.5, 0.6) is 0 Å². The van der Waals surface area contributed by atoms with Gasteiger partial charge in [0.1, 0.15) is 0 Å². The molecule has 2 aromatic rings. The molecular formula is C11H8N2O. The lowest BCUT2D eigenvalue weighted by atomic mass is 10.1. The molecule has 0 saturated heterocycles. The van der Waals surface area contributed by atoms with Gasteiger partial charge in [0.05, 0.1) is 18.0 Å². The maximum Gasteiger partial charge on any atom is 0.218 e. The first-order valence-electron chi connectivity index (χ1n) is 4.27. The normalized spacial score (nSPS) is 9.93. The van der Waals surface area contributed by atoms with Gasteiger partial charge in [0.15, 0.2) is 0 Å². The average Bonchev–Trinajstić information content (AvgIpc) is 2.58. The van der Waals surface area contributed by atoms with Crippen molar-refractivity contribution in [1.82, 2.24) is 4.57 Å². The fourth-order valence-electron chi connectivity index (χ4n) is 1.59. The topological polar surface area (TPSA) is 45.8 Å². The van der Waals surface area contributed by atoms with Crippen LogP contribution >= 0.6 is 0 Å². The summed E-state index contributed by atoms with van der Waals surface area (Å²) < 4.78 is 1.50. The molecule has 0 unspecified atom stereocenters. The van der Waals surface area contributed by atoms with Crippen molar-refractivity contribution in [2.45, 2.75) is 6.42 Å². The number of aromatic nitrogens is 1.